The average molecular weight is 313 g/mol. The fraction of sp³-hybridized carbons (Fsp3) is 0.316. The van der Waals surface area contributed by atoms with Crippen molar-refractivity contribution >= 4 is 5.91 Å². The zero-order valence-corrected chi connectivity index (χ0v) is 13.7. The molecule has 0 aliphatic rings. The van der Waals surface area contributed by atoms with Crippen LogP contribution in [0.15, 0.2) is 48.5 Å². The van der Waals surface area contributed by atoms with Gasteiger partial charge in [-0.1, -0.05) is 43.3 Å². The van der Waals surface area contributed by atoms with E-state index < -0.39 is 0 Å². The third-order valence-corrected chi connectivity index (χ3v) is 3.55. The van der Waals surface area contributed by atoms with Crippen molar-refractivity contribution in [1.82, 2.24) is 5.32 Å². The summed E-state index contributed by atoms with van der Waals surface area (Å²) in [5.41, 5.74) is 2.30. The molecular formula is C19H23NO3. The van der Waals surface area contributed by atoms with Gasteiger partial charge in [-0.2, -0.15) is 0 Å². The molecule has 0 aliphatic carbocycles. The number of carbonyl (C=O) groups is 1. The van der Waals surface area contributed by atoms with Crippen LogP contribution in [0.5, 0.6) is 11.5 Å². The lowest BCUT2D eigenvalue weighted by Gasteiger charge is -2.11. The second-order valence-corrected chi connectivity index (χ2v) is 5.20. The zero-order chi connectivity index (χ0) is 16.5. The van der Waals surface area contributed by atoms with E-state index in [1.165, 1.54) is 5.56 Å². The molecule has 1 N–H and O–H groups in total. The SMILES string of the molecule is CCc1ccc(CC(=O)NCCOc2ccccc2OC)cc1. The maximum Gasteiger partial charge on any atom is 0.224 e. The summed E-state index contributed by atoms with van der Waals surface area (Å²) in [4.78, 5) is 11.9. The van der Waals surface area contributed by atoms with Crippen LogP contribution in [0, 0.1) is 0 Å². The molecule has 0 unspecified atom stereocenters. The molecule has 0 radical (unpaired) electrons. The number of hydrogen-bond donors (Lipinski definition) is 1. The smallest absolute Gasteiger partial charge is 0.224 e. The number of carbonyl (C=O) groups excluding carboxylic acids is 1. The normalized spacial score (nSPS) is 10.2. The van der Waals surface area contributed by atoms with Crippen molar-refractivity contribution in [3.05, 3.63) is 59.7 Å². The molecular weight excluding hydrogens is 290 g/mol. The van der Waals surface area contributed by atoms with E-state index in [4.69, 9.17) is 9.47 Å². The van der Waals surface area contributed by atoms with Gasteiger partial charge in [0.15, 0.2) is 11.5 Å². The summed E-state index contributed by atoms with van der Waals surface area (Å²) in [6.45, 7) is 2.98. The number of para-hydroxylation sites is 2. The molecule has 0 saturated heterocycles. The van der Waals surface area contributed by atoms with Crippen molar-refractivity contribution in [1.29, 1.82) is 0 Å². The highest BCUT2D eigenvalue weighted by atomic mass is 16.5. The Labute approximate surface area is 137 Å². The molecule has 2 aromatic carbocycles. The number of rotatable bonds is 8. The molecule has 122 valence electrons. The lowest BCUT2D eigenvalue weighted by molar-refractivity contribution is -0.120. The molecule has 0 fully saturated rings. The Hall–Kier alpha value is -2.49. The monoisotopic (exact) mass is 313 g/mol. The summed E-state index contributed by atoms with van der Waals surface area (Å²) < 4.78 is 10.8. The molecule has 23 heavy (non-hydrogen) atoms. The van der Waals surface area contributed by atoms with Gasteiger partial charge in [-0.3, -0.25) is 4.79 Å². The molecule has 4 nitrogen and oxygen atoms in total. The van der Waals surface area contributed by atoms with E-state index >= 15 is 0 Å². The largest absolute Gasteiger partial charge is 0.493 e. The van der Waals surface area contributed by atoms with Gasteiger partial charge >= 0.3 is 0 Å². The predicted molar refractivity (Wildman–Crippen MR) is 91.0 cm³/mol. The topological polar surface area (TPSA) is 47.6 Å². The third kappa shape index (κ3) is 5.33. The summed E-state index contributed by atoms with van der Waals surface area (Å²) in [5.74, 6) is 1.37. The highest BCUT2D eigenvalue weighted by molar-refractivity contribution is 5.78. The Balaban J connectivity index is 1.72. The maximum absolute atomic E-state index is 11.9. The summed E-state index contributed by atoms with van der Waals surface area (Å²) in [6, 6.07) is 15.6. The van der Waals surface area contributed by atoms with Crippen LogP contribution in [-0.4, -0.2) is 26.2 Å². The zero-order valence-electron chi connectivity index (χ0n) is 13.7. The molecule has 4 heteroatoms. The minimum atomic E-state index is -0.00197. The Bertz CT molecular complexity index is 623. The second-order valence-electron chi connectivity index (χ2n) is 5.20. The molecule has 0 aliphatic heterocycles. The molecule has 0 saturated carbocycles. The summed E-state index contributed by atoms with van der Waals surface area (Å²) >= 11 is 0. The van der Waals surface area contributed by atoms with E-state index in [9.17, 15) is 4.79 Å². The van der Waals surface area contributed by atoms with Gasteiger partial charge in [-0.25, -0.2) is 0 Å². The first-order valence-electron chi connectivity index (χ1n) is 7.83. The van der Waals surface area contributed by atoms with Gasteiger partial charge in [0, 0.05) is 0 Å². The number of hydrogen-bond acceptors (Lipinski definition) is 3. The van der Waals surface area contributed by atoms with Gasteiger partial charge in [-0.05, 0) is 29.7 Å². The van der Waals surface area contributed by atoms with Gasteiger partial charge in [-0.15, -0.1) is 0 Å². The number of nitrogens with one attached hydrogen (secondary N) is 1. The highest BCUT2D eigenvalue weighted by Crippen LogP contribution is 2.25. The van der Waals surface area contributed by atoms with Gasteiger partial charge in [0.2, 0.25) is 5.91 Å². The Kier molecular flexibility index (Phi) is 6.48. The quantitative estimate of drug-likeness (QED) is 0.762. The van der Waals surface area contributed by atoms with Gasteiger partial charge < -0.3 is 14.8 Å². The number of benzene rings is 2. The Morgan fingerprint density at radius 3 is 2.30 bits per heavy atom. The van der Waals surface area contributed by atoms with Crippen molar-refractivity contribution in [2.75, 3.05) is 20.3 Å². The van der Waals surface area contributed by atoms with Crippen molar-refractivity contribution in [3.63, 3.8) is 0 Å². The Morgan fingerprint density at radius 2 is 1.65 bits per heavy atom. The second kappa shape index (κ2) is 8.83. The molecule has 0 atom stereocenters. The van der Waals surface area contributed by atoms with Crippen LogP contribution in [0.3, 0.4) is 0 Å². The molecule has 1 amide bonds. The van der Waals surface area contributed by atoms with E-state index in [1.807, 2.05) is 36.4 Å². The molecule has 0 heterocycles. The van der Waals surface area contributed by atoms with E-state index in [0.717, 1.165) is 12.0 Å². The van der Waals surface area contributed by atoms with Crippen LogP contribution < -0.4 is 14.8 Å². The average Bonchev–Trinajstić information content (AvgIpc) is 2.59. The van der Waals surface area contributed by atoms with Crippen molar-refractivity contribution in [3.8, 4) is 11.5 Å². The highest BCUT2D eigenvalue weighted by Gasteiger charge is 2.05. The number of ether oxygens (including phenoxy) is 2. The fourth-order valence-electron chi connectivity index (χ4n) is 2.23. The number of methoxy groups -OCH3 is 1. The number of amides is 1. The minimum Gasteiger partial charge on any atom is -0.493 e. The summed E-state index contributed by atoms with van der Waals surface area (Å²) in [5, 5.41) is 2.86. The summed E-state index contributed by atoms with van der Waals surface area (Å²) in [6.07, 6.45) is 1.39. The minimum absolute atomic E-state index is 0.00197. The standard InChI is InChI=1S/C19H23NO3/c1-3-15-8-10-16(11-9-15)14-19(21)20-12-13-23-18-7-5-4-6-17(18)22-2/h4-11H,3,12-14H2,1-2H3,(H,20,21). The molecule has 0 spiro atoms. The van der Waals surface area contributed by atoms with Crippen LogP contribution in [0.1, 0.15) is 18.1 Å². The maximum atomic E-state index is 11.9. The van der Waals surface area contributed by atoms with E-state index in [0.29, 0.717) is 31.1 Å². The molecule has 2 aromatic rings. The van der Waals surface area contributed by atoms with E-state index in [-0.39, 0.29) is 5.91 Å². The van der Waals surface area contributed by atoms with Crippen molar-refractivity contribution < 1.29 is 14.3 Å². The first-order chi connectivity index (χ1) is 11.2. The fourth-order valence-corrected chi connectivity index (χ4v) is 2.23. The third-order valence-electron chi connectivity index (χ3n) is 3.55. The molecule has 2 rings (SSSR count). The first kappa shape index (κ1) is 16.9. The van der Waals surface area contributed by atoms with Gasteiger partial charge in [0.05, 0.1) is 20.1 Å². The van der Waals surface area contributed by atoms with Crippen LogP contribution in [-0.2, 0) is 17.6 Å². The molecule has 0 aromatic heterocycles. The van der Waals surface area contributed by atoms with Crippen LogP contribution in [0.4, 0.5) is 0 Å². The lowest BCUT2D eigenvalue weighted by atomic mass is 10.1. The van der Waals surface area contributed by atoms with Crippen LogP contribution in [0.2, 0.25) is 0 Å². The lowest BCUT2D eigenvalue weighted by Crippen LogP contribution is -2.29. The van der Waals surface area contributed by atoms with Crippen molar-refractivity contribution in [2.24, 2.45) is 0 Å². The Morgan fingerprint density at radius 1 is 1.00 bits per heavy atom. The summed E-state index contributed by atoms with van der Waals surface area (Å²) in [7, 11) is 1.60. The van der Waals surface area contributed by atoms with Crippen LogP contribution >= 0.6 is 0 Å². The van der Waals surface area contributed by atoms with Crippen molar-refractivity contribution in [2.45, 2.75) is 19.8 Å². The van der Waals surface area contributed by atoms with Gasteiger partial charge in [0.25, 0.3) is 0 Å². The van der Waals surface area contributed by atoms with E-state index in [1.54, 1.807) is 7.11 Å². The van der Waals surface area contributed by atoms with Crippen LogP contribution in [0.25, 0.3) is 0 Å². The first-order valence-corrected chi connectivity index (χ1v) is 7.83. The number of aryl methyl sites for hydroxylation is 1. The van der Waals surface area contributed by atoms with Gasteiger partial charge in [0.1, 0.15) is 6.61 Å². The predicted octanol–water partition coefficient (Wildman–Crippen LogP) is 3.00. The molecule has 0 bridgehead atoms. The van der Waals surface area contributed by atoms with E-state index in [2.05, 4.69) is 24.4 Å².